The van der Waals surface area contributed by atoms with Crippen molar-refractivity contribution in [1.29, 1.82) is 0 Å². The number of nitrogens with one attached hydrogen (secondary N) is 1. The highest BCUT2D eigenvalue weighted by Crippen LogP contribution is 2.16. The molecule has 0 aromatic carbocycles. The van der Waals surface area contributed by atoms with Gasteiger partial charge in [0.15, 0.2) is 0 Å². The molecule has 112 valence electrons. The maximum absolute atomic E-state index is 11.8. The van der Waals surface area contributed by atoms with Gasteiger partial charge in [-0.05, 0) is 39.2 Å². The van der Waals surface area contributed by atoms with Crippen molar-refractivity contribution < 1.29 is 19.0 Å². The molecule has 1 fully saturated rings. The molecule has 1 saturated heterocycles. The van der Waals surface area contributed by atoms with E-state index in [1.165, 1.54) is 7.11 Å². The summed E-state index contributed by atoms with van der Waals surface area (Å²) in [6.07, 6.45) is 3.91. The summed E-state index contributed by atoms with van der Waals surface area (Å²) >= 11 is 0. The van der Waals surface area contributed by atoms with Crippen LogP contribution in [0.25, 0.3) is 0 Å². The average Bonchev–Trinajstić information content (AvgIpc) is 2.91. The molecule has 0 aromatic heterocycles. The molecule has 5 nitrogen and oxygen atoms in total. The zero-order valence-electron chi connectivity index (χ0n) is 12.4. The Balaban J connectivity index is 2.18. The van der Waals surface area contributed by atoms with E-state index < -0.39 is 5.54 Å². The van der Waals surface area contributed by atoms with Crippen molar-refractivity contribution >= 4 is 5.97 Å². The van der Waals surface area contributed by atoms with Crippen LogP contribution in [-0.2, 0) is 19.0 Å². The number of esters is 1. The van der Waals surface area contributed by atoms with Gasteiger partial charge in [-0.25, -0.2) is 0 Å². The normalized spacial score (nSPS) is 22.2. The number of carbonyl (C=O) groups excluding carboxylic acids is 1. The monoisotopic (exact) mass is 273 g/mol. The van der Waals surface area contributed by atoms with Gasteiger partial charge in [-0.15, -0.1) is 0 Å². The second kappa shape index (κ2) is 8.51. The van der Waals surface area contributed by atoms with Gasteiger partial charge < -0.3 is 19.5 Å². The highest BCUT2D eigenvalue weighted by molar-refractivity contribution is 5.80. The predicted octanol–water partition coefficient (Wildman–Crippen LogP) is 1.50. The van der Waals surface area contributed by atoms with Crippen molar-refractivity contribution in [3.05, 3.63) is 0 Å². The largest absolute Gasteiger partial charge is 0.468 e. The Kier molecular flexibility index (Phi) is 7.34. The van der Waals surface area contributed by atoms with Crippen molar-refractivity contribution in [2.24, 2.45) is 0 Å². The van der Waals surface area contributed by atoms with Crippen molar-refractivity contribution in [3.63, 3.8) is 0 Å². The lowest BCUT2D eigenvalue weighted by molar-refractivity contribution is -0.148. The summed E-state index contributed by atoms with van der Waals surface area (Å²) < 4.78 is 15.8. The van der Waals surface area contributed by atoms with Crippen molar-refractivity contribution in [2.75, 3.05) is 33.5 Å². The maximum atomic E-state index is 11.8. The number of carbonyl (C=O) groups is 1. The molecule has 1 aliphatic heterocycles. The number of likely N-dealkylation sites (N-methyl/N-ethyl adjacent to an activating group) is 1. The number of hydrogen-bond donors (Lipinski definition) is 1. The van der Waals surface area contributed by atoms with Crippen molar-refractivity contribution in [2.45, 2.75) is 51.2 Å². The molecule has 2 atom stereocenters. The zero-order chi connectivity index (χ0) is 14.1. The first-order chi connectivity index (χ1) is 9.12. The summed E-state index contributed by atoms with van der Waals surface area (Å²) in [6, 6.07) is 0. The van der Waals surface area contributed by atoms with E-state index in [4.69, 9.17) is 14.2 Å². The molecule has 5 heteroatoms. The molecule has 0 amide bonds. The smallest absolute Gasteiger partial charge is 0.325 e. The number of ether oxygens (including phenoxy) is 3. The molecule has 1 rings (SSSR count). The zero-order valence-corrected chi connectivity index (χ0v) is 12.4. The van der Waals surface area contributed by atoms with Gasteiger partial charge in [0.25, 0.3) is 0 Å². The molecule has 0 aromatic rings. The van der Waals surface area contributed by atoms with E-state index in [1.807, 2.05) is 13.8 Å². The Hall–Kier alpha value is -0.650. The van der Waals surface area contributed by atoms with Crippen LogP contribution in [0.15, 0.2) is 0 Å². The van der Waals surface area contributed by atoms with Gasteiger partial charge in [-0.3, -0.25) is 4.79 Å². The minimum Gasteiger partial charge on any atom is -0.468 e. The predicted molar refractivity (Wildman–Crippen MR) is 73.1 cm³/mol. The quantitative estimate of drug-likeness (QED) is 0.510. The molecule has 2 unspecified atom stereocenters. The summed E-state index contributed by atoms with van der Waals surface area (Å²) in [7, 11) is 1.43. The van der Waals surface area contributed by atoms with Crippen LogP contribution in [0.1, 0.15) is 39.5 Å². The fraction of sp³-hybridized carbons (Fsp3) is 0.929. The second-order valence-corrected chi connectivity index (χ2v) is 5.17. The Labute approximate surface area is 116 Å². The Morgan fingerprint density at radius 3 is 2.84 bits per heavy atom. The molecule has 1 heterocycles. The third-order valence-electron chi connectivity index (χ3n) is 3.52. The second-order valence-electron chi connectivity index (χ2n) is 5.17. The van der Waals surface area contributed by atoms with E-state index in [-0.39, 0.29) is 12.1 Å². The van der Waals surface area contributed by atoms with Crippen LogP contribution in [0.5, 0.6) is 0 Å². The minimum atomic E-state index is -0.583. The average molecular weight is 273 g/mol. The first-order valence-corrected chi connectivity index (χ1v) is 7.15. The van der Waals surface area contributed by atoms with Crippen LogP contribution in [0, 0.1) is 0 Å². The highest BCUT2D eigenvalue weighted by Gasteiger charge is 2.32. The van der Waals surface area contributed by atoms with Gasteiger partial charge in [-0.2, -0.15) is 0 Å². The first-order valence-electron chi connectivity index (χ1n) is 7.15. The number of unbranched alkanes of at least 4 members (excludes halogenated alkanes) is 1. The SMILES string of the molecule is CCNC(C)(CCCCOC1CCOC1)C(=O)OC. The molecule has 1 aliphatic rings. The van der Waals surface area contributed by atoms with Gasteiger partial charge >= 0.3 is 5.97 Å². The molecule has 0 bridgehead atoms. The van der Waals surface area contributed by atoms with Gasteiger partial charge in [0, 0.05) is 13.2 Å². The summed E-state index contributed by atoms with van der Waals surface area (Å²) in [5.41, 5.74) is -0.583. The molecule has 0 spiro atoms. The molecule has 19 heavy (non-hydrogen) atoms. The van der Waals surface area contributed by atoms with Crippen LogP contribution in [-0.4, -0.2) is 51.1 Å². The highest BCUT2D eigenvalue weighted by atomic mass is 16.5. The number of methoxy groups -OCH3 is 1. The Bertz CT molecular complexity index is 266. The summed E-state index contributed by atoms with van der Waals surface area (Å²) in [6.45, 7) is 6.90. The topological polar surface area (TPSA) is 56.8 Å². The van der Waals surface area contributed by atoms with E-state index in [1.54, 1.807) is 0 Å². The first kappa shape index (κ1) is 16.4. The van der Waals surface area contributed by atoms with E-state index in [2.05, 4.69) is 5.32 Å². The summed E-state index contributed by atoms with van der Waals surface area (Å²) in [5.74, 6) is -0.195. The van der Waals surface area contributed by atoms with Gasteiger partial charge in [-0.1, -0.05) is 6.92 Å². The Morgan fingerprint density at radius 1 is 1.47 bits per heavy atom. The van der Waals surface area contributed by atoms with Crippen LogP contribution >= 0.6 is 0 Å². The lowest BCUT2D eigenvalue weighted by atomic mass is 9.95. The molecule has 0 aliphatic carbocycles. The van der Waals surface area contributed by atoms with E-state index >= 15 is 0 Å². The molecule has 0 saturated carbocycles. The molecule has 1 N–H and O–H groups in total. The molecular formula is C14H27NO4. The van der Waals surface area contributed by atoms with Crippen LogP contribution in [0.3, 0.4) is 0 Å². The van der Waals surface area contributed by atoms with E-state index in [0.717, 1.165) is 52.0 Å². The Morgan fingerprint density at radius 2 is 2.26 bits per heavy atom. The third kappa shape index (κ3) is 5.47. The number of hydrogen-bond acceptors (Lipinski definition) is 5. The van der Waals surface area contributed by atoms with Crippen LogP contribution in [0.2, 0.25) is 0 Å². The fourth-order valence-electron chi connectivity index (χ4n) is 2.35. The van der Waals surface area contributed by atoms with Crippen molar-refractivity contribution in [3.8, 4) is 0 Å². The molecular weight excluding hydrogens is 246 g/mol. The van der Waals surface area contributed by atoms with E-state index in [0.29, 0.717) is 0 Å². The van der Waals surface area contributed by atoms with Gasteiger partial charge in [0.2, 0.25) is 0 Å². The lowest BCUT2D eigenvalue weighted by Crippen LogP contribution is -2.50. The van der Waals surface area contributed by atoms with Gasteiger partial charge in [0.1, 0.15) is 5.54 Å². The summed E-state index contributed by atoms with van der Waals surface area (Å²) in [4.78, 5) is 11.8. The molecule has 0 radical (unpaired) electrons. The van der Waals surface area contributed by atoms with Crippen LogP contribution in [0.4, 0.5) is 0 Å². The standard InChI is InChI=1S/C14H27NO4/c1-4-15-14(2,13(16)17-3)8-5-6-9-19-12-7-10-18-11-12/h12,15H,4-11H2,1-3H3. The maximum Gasteiger partial charge on any atom is 0.325 e. The van der Waals surface area contributed by atoms with Crippen molar-refractivity contribution in [1.82, 2.24) is 5.32 Å². The minimum absolute atomic E-state index is 0.195. The van der Waals surface area contributed by atoms with Crippen LogP contribution < -0.4 is 5.32 Å². The summed E-state index contributed by atoms with van der Waals surface area (Å²) in [5, 5.41) is 3.21. The van der Waals surface area contributed by atoms with Gasteiger partial charge in [0.05, 0.1) is 19.8 Å². The fourth-order valence-corrected chi connectivity index (χ4v) is 2.35. The third-order valence-corrected chi connectivity index (χ3v) is 3.52. The van der Waals surface area contributed by atoms with E-state index in [9.17, 15) is 4.79 Å². The lowest BCUT2D eigenvalue weighted by Gasteiger charge is -2.27. The number of rotatable bonds is 9.